The predicted octanol–water partition coefficient (Wildman–Crippen LogP) is 4.80. The average Bonchev–Trinajstić information content (AvgIpc) is 2.78. The summed E-state index contributed by atoms with van der Waals surface area (Å²) in [6.07, 6.45) is 1.13. The Hall–Kier alpha value is -0.830. The number of thiophene rings is 1. The largest absolute Gasteiger partial charge is 0.306 e. The molecule has 96 valence electrons. The molecule has 0 bridgehead atoms. The zero-order chi connectivity index (χ0) is 13.0. The summed E-state index contributed by atoms with van der Waals surface area (Å²) >= 11 is 7.80. The lowest BCUT2D eigenvalue weighted by Crippen LogP contribution is -2.22. The lowest BCUT2D eigenvalue weighted by molar-refractivity contribution is 0.606. The minimum atomic E-state index is 0.279. The number of halogens is 1. The van der Waals surface area contributed by atoms with Crippen molar-refractivity contribution in [1.82, 2.24) is 5.32 Å². The van der Waals surface area contributed by atoms with Crippen molar-refractivity contribution in [2.24, 2.45) is 0 Å². The summed E-state index contributed by atoms with van der Waals surface area (Å²) in [5.41, 5.74) is 1.27. The highest BCUT2D eigenvalue weighted by Gasteiger charge is 2.14. The topological polar surface area (TPSA) is 12.0 Å². The van der Waals surface area contributed by atoms with Gasteiger partial charge in [0.05, 0.1) is 6.04 Å². The first-order valence-corrected chi connectivity index (χ1v) is 7.45. The maximum absolute atomic E-state index is 5.95. The van der Waals surface area contributed by atoms with E-state index in [9.17, 15) is 0 Å². The van der Waals surface area contributed by atoms with Crippen LogP contribution in [0.4, 0.5) is 0 Å². The molecule has 1 atom stereocenters. The third-order valence-electron chi connectivity index (χ3n) is 2.85. The van der Waals surface area contributed by atoms with Gasteiger partial charge in [-0.3, -0.25) is 0 Å². The lowest BCUT2D eigenvalue weighted by Gasteiger charge is -2.17. The Morgan fingerprint density at radius 3 is 2.44 bits per heavy atom. The molecule has 0 fully saturated rings. The fourth-order valence-electron chi connectivity index (χ4n) is 1.94. The van der Waals surface area contributed by atoms with Crippen molar-refractivity contribution in [2.75, 3.05) is 6.54 Å². The van der Waals surface area contributed by atoms with E-state index in [-0.39, 0.29) is 6.04 Å². The van der Waals surface area contributed by atoms with Crippen LogP contribution in [0.15, 0.2) is 36.4 Å². The second kappa shape index (κ2) is 6.37. The number of benzene rings is 1. The summed E-state index contributed by atoms with van der Waals surface area (Å²) in [5, 5.41) is 4.39. The molecular weight excluding hydrogens is 262 g/mol. The third-order valence-corrected chi connectivity index (χ3v) is 4.16. The number of rotatable bonds is 5. The van der Waals surface area contributed by atoms with E-state index >= 15 is 0 Å². The van der Waals surface area contributed by atoms with Crippen LogP contribution < -0.4 is 5.32 Å². The number of nitrogens with one attached hydrogen (secondary N) is 1. The van der Waals surface area contributed by atoms with E-state index in [0.717, 1.165) is 18.0 Å². The van der Waals surface area contributed by atoms with Gasteiger partial charge in [-0.15, -0.1) is 11.3 Å². The van der Waals surface area contributed by atoms with Crippen molar-refractivity contribution in [1.29, 1.82) is 0 Å². The highest BCUT2D eigenvalue weighted by molar-refractivity contribution is 7.12. The van der Waals surface area contributed by atoms with Gasteiger partial charge in [0.25, 0.3) is 0 Å². The van der Waals surface area contributed by atoms with Gasteiger partial charge in [-0.1, -0.05) is 30.7 Å². The number of aryl methyl sites for hydroxylation is 1. The van der Waals surface area contributed by atoms with E-state index in [1.807, 2.05) is 23.5 Å². The molecule has 1 N–H and O–H groups in total. The monoisotopic (exact) mass is 279 g/mol. The molecule has 0 aliphatic carbocycles. The van der Waals surface area contributed by atoms with Crippen LogP contribution in [0.1, 0.15) is 34.7 Å². The molecule has 2 aromatic rings. The van der Waals surface area contributed by atoms with Gasteiger partial charge in [-0.25, -0.2) is 0 Å². The molecule has 0 saturated carbocycles. The molecule has 0 aliphatic heterocycles. The molecule has 0 aliphatic rings. The highest BCUT2D eigenvalue weighted by atomic mass is 35.5. The molecule has 1 unspecified atom stereocenters. The van der Waals surface area contributed by atoms with Crippen molar-refractivity contribution < 1.29 is 0 Å². The van der Waals surface area contributed by atoms with E-state index in [2.05, 4.69) is 43.4 Å². The molecule has 1 aromatic carbocycles. The van der Waals surface area contributed by atoms with E-state index < -0.39 is 0 Å². The SMILES string of the molecule is CCCNC(c1ccc(Cl)cc1)c1ccc(C)s1. The smallest absolute Gasteiger partial charge is 0.0671 e. The first-order chi connectivity index (χ1) is 8.70. The van der Waals surface area contributed by atoms with Crippen molar-refractivity contribution in [3.8, 4) is 0 Å². The summed E-state index contributed by atoms with van der Waals surface area (Å²) in [5.74, 6) is 0. The summed E-state index contributed by atoms with van der Waals surface area (Å²) in [6, 6.07) is 12.8. The van der Waals surface area contributed by atoms with Crippen LogP contribution in [0.3, 0.4) is 0 Å². The molecule has 0 radical (unpaired) electrons. The normalized spacial score (nSPS) is 12.6. The van der Waals surface area contributed by atoms with E-state index in [0.29, 0.717) is 0 Å². The van der Waals surface area contributed by atoms with Crippen LogP contribution >= 0.6 is 22.9 Å². The Morgan fingerprint density at radius 1 is 1.17 bits per heavy atom. The van der Waals surface area contributed by atoms with E-state index in [1.165, 1.54) is 15.3 Å². The van der Waals surface area contributed by atoms with Gasteiger partial charge in [0.15, 0.2) is 0 Å². The zero-order valence-corrected chi connectivity index (χ0v) is 12.3. The van der Waals surface area contributed by atoms with Gasteiger partial charge < -0.3 is 5.32 Å². The third kappa shape index (κ3) is 3.35. The lowest BCUT2D eigenvalue weighted by atomic mass is 10.1. The van der Waals surface area contributed by atoms with Crippen LogP contribution in [0.25, 0.3) is 0 Å². The second-order valence-electron chi connectivity index (χ2n) is 4.39. The number of hydrogen-bond donors (Lipinski definition) is 1. The van der Waals surface area contributed by atoms with Gasteiger partial charge in [-0.05, 0) is 49.7 Å². The Morgan fingerprint density at radius 2 is 1.89 bits per heavy atom. The summed E-state index contributed by atoms with van der Waals surface area (Å²) < 4.78 is 0. The van der Waals surface area contributed by atoms with Crippen LogP contribution in [0, 0.1) is 6.92 Å². The Balaban J connectivity index is 2.27. The van der Waals surface area contributed by atoms with Gasteiger partial charge in [0, 0.05) is 14.8 Å². The van der Waals surface area contributed by atoms with E-state index in [1.54, 1.807) is 0 Å². The molecular formula is C15H18ClNS. The van der Waals surface area contributed by atoms with Gasteiger partial charge in [0.1, 0.15) is 0 Å². The maximum Gasteiger partial charge on any atom is 0.0671 e. The quantitative estimate of drug-likeness (QED) is 0.829. The van der Waals surface area contributed by atoms with Crippen LogP contribution in [0.5, 0.6) is 0 Å². The minimum absolute atomic E-state index is 0.279. The van der Waals surface area contributed by atoms with E-state index in [4.69, 9.17) is 11.6 Å². The molecule has 0 saturated heterocycles. The first kappa shape index (κ1) is 13.6. The molecule has 1 aromatic heterocycles. The molecule has 2 rings (SSSR count). The van der Waals surface area contributed by atoms with Crippen molar-refractivity contribution in [3.63, 3.8) is 0 Å². The standard InChI is InChI=1S/C15H18ClNS/c1-3-10-17-15(14-9-4-11(2)18-14)12-5-7-13(16)8-6-12/h4-9,15,17H,3,10H2,1-2H3. The molecule has 0 amide bonds. The summed E-state index contributed by atoms with van der Waals surface area (Å²) in [6.45, 7) is 5.35. The fraction of sp³-hybridized carbons (Fsp3) is 0.333. The van der Waals surface area contributed by atoms with Crippen molar-refractivity contribution in [2.45, 2.75) is 26.3 Å². The summed E-state index contributed by atoms with van der Waals surface area (Å²) in [7, 11) is 0. The minimum Gasteiger partial charge on any atom is -0.306 e. The Bertz CT molecular complexity index is 489. The number of hydrogen-bond acceptors (Lipinski definition) is 2. The molecule has 0 spiro atoms. The van der Waals surface area contributed by atoms with Crippen LogP contribution in [-0.4, -0.2) is 6.54 Å². The van der Waals surface area contributed by atoms with Gasteiger partial charge in [-0.2, -0.15) is 0 Å². The molecule has 1 heterocycles. The molecule has 18 heavy (non-hydrogen) atoms. The Kier molecular flexibility index (Phi) is 4.81. The Labute approximate surface area is 118 Å². The van der Waals surface area contributed by atoms with Gasteiger partial charge in [0.2, 0.25) is 0 Å². The predicted molar refractivity (Wildman–Crippen MR) is 80.6 cm³/mol. The molecule has 1 nitrogen and oxygen atoms in total. The fourth-order valence-corrected chi connectivity index (χ4v) is 3.04. The molecule has 3 heteroatoms. The van der Waals surface area contributed by atoms with Crippen LogP contribution in [-0.2, 0) is 0 Å². The highest BCUT2D eigenvalue weighted by Crippen LogP contribution is 2.29. The van der Waals surface area contributed by atoms with Crippen molar-refractivity contribution in [3.05, 3.63) is 56.7 Å². The maximum atomic E-state index is 5.95. The summed E-state index contributed by atoms with van der Waals surface area (Å²) in [4.78, 5) is 2.71. The zero-order valence-electron chi connectivity index (χ0n) is 10.7. The van der Waals surface area contributed by atoms with Crippen molar-refractivity contribution >= 4 is 22.9 Å². The van der Waals surface area contributed by atoms with Gasteiger partial charge >= 0.3 is 0 Å². The average molecular weight is 280 g/mol. The second-order valence-corrected chi connectivity index (χ2v) is 6.14. The first-order valence-electron chi connectivity index (χ1n) is 6.26. The van der Waals surface area contributed by atoms with Crippen LogP contribution in [0.2, 0.25) is 5.02 Å².